The Kier molecular flexibility index (Phi) is 6.08. The second kappa shape index (κ2) is 8.55. The number of aliphatic hydroxyl groups excluding tert-OH is 1. The van der Waals surface area contributed by atoms with E-state index in [4.69, 9.17) is 4.42 Å². The topological polar surface area (TPSA) is 108 Å². The van der Waals surface area contributed by atoms with E-state index < -0.39 is 29.0 Å². The van der Waals surface area contributed by atoms with Crippen LogP contribution in [0.5, 0.6) is 11.5 Å². The van der Waals surface area contributed by atoms with Gasteiger partial charge < -0.3 is 19.7 Å². The summed E-state index contributed by atoms with van der Waals surface area (Å²) >= 11 is 0. The van der Waals surface area contributed by atoms with Crippen LogP contribution in [0.15, 0.2) is 57.8 Å². The fraction of sp³-hybridized carbons (Fsp3) is 0.250. The summed E-state index contributed by atoms with van der Waals surface area (Å²) in [7, 11) is 0. The number of Topliss-reactive ketones (excluding diaryl/α,β-unsaturated/α-hetero) is 1. The smallest absolute Gasteiger partial charge is 0.336 e. The van der Waals surface area contributed by atoms with Gasteiger partial charge in [0.15, 0.2) is 5.78 Å². The molecule has 6 heteroatoms. The highest BCUT2D eigenvalue weighted by Crippen LogP contribution is 2.44. The van der Waals surface area contributed by atoms with Crippen LogP contribution in [0, 0.1) is 0 Å². The number of fused-ring (bicyclic) bond motifs is 1. The third-order valence-electron chi connectivity index (χ3n) is 5.04. The van der Waals surface area contributed by atoms with Gasteiger partial charge in [0, 0.05) is 30.0 Å². The zero-order chi connectivity index (χ0) is 22.0. The van der Waals surface area contributed by atoms with Crippen molar-refractivity contribution in [2.24, 2.45) is 0 Å². The molecule has 0 saturated carbocycles. The summed E-state index contributed by atoms with van der Waals surface area (Å²) in [6.45, 7) is 7.14. The minimum Gasteiger partial charge on any atom is -0.507 e. The summed E-state index contributed by atoms with van der Waals surface area (Å²) in [6, 6.07) is 10.1. The van der Waals surface area contributed by atoms with Gasteiger partial charge in [0.1, 0.15) is 22.6 Å². The number of carbonyl (C=O) groups excluding carboxylic acids is 1. The third kappa shape index (κ3) is 3.86. The first-order chi connectivity index (χ1) is 14.3. The lowest BCUT2D eigenvalue weighted by molar-refractivity contribution is 0.0976. The van der Waals surface area contributed by atoms with E-state index >= 15 is 0 Å². The lowest BCUT2D eigenvalue weighted by Gasteiger charge is -2.18. The molecule has 3 aromatic rings. The lowest BCUT2D eigenvalue weighted by Crippen LogP contribution is -2.14. The third-order valence-corrected chi connectivity index (χ3v) is 5.04. The molecule has 3 rings (SSSR count). The first kappa shape index (κ1) is 21.3. The molecule has 6 nitrogen and oxygen atoms in total. The van der Waals surface area contributed by atoms with Gasteiger partial charge in [0.25, 0.3) is 0 Å². The predicted octanol–water partition coefficient (Wildman–Crippen LogP) is 4.33. The van der Waals surface area contributed by atoms with E-state index in [1.54, 1.807) is 31.2 Å². The number of hydrogen-bond acceptors (Lipinski definition) is 6. The van der Waals surface area contributed by atoms with E-state index in [0.29, 0.717) is 23.1 Å². The molecule has 0 radical (unpaired) electrons. The molecule has 0 aliphatic rings. The van der Waals surface area contributed by atoms with Crippen molar-refractivity contribution in [1.29, 1.82) is 0 Å². The highest BCUT2D eigenvalue weighted by molar-refractivity contribution is 6.11. The number of ketones is 1. The summed E-state index contributed by atoms with van der Waals surface area (Å²) < 4.78 is 5.36. The van der Waals surface area contributed by atoms with Crippen LogP contribution in [0.2, 0.25) is 0 Å². The van der Waals surface area contributed by atoms with Crippen molar-refractivity contribution in [2.45, 2.75) is 39.2 Å². The minimum absolute atomic E-state index is 0.0651. The number of rotatable bonds is 7. The van der Waals surface area contributed by atoms with Gasteiger partial charge in [-0.1, -0.05) is 49.4 Å². The molecule has 1 heterocycles. The SMILES string of the molecule is C=C(C)C(O)Cc1c(O)c(C(=O)CCC)c(O)c2c(-c3ccccc3)cc(=O)oc12. The molecule has 1 aromatic heterocycles. The highest BCUT2D eigenvalue weighted by Gasteiger charge is 2.28. The van der Waals surface area contributed by atoms with Crippen LogP contribution in [0.3, 0.4) is 0 Å². The highest BCUT2D eigenvalue weighted by atomic mass is 16.4. The van der Waals surface area contributed by atoms with E-state index in [2.05, 4.69) is 6.58 Å². The Morgan fingerprint density at radius 2 is 1.83 bits per heavy atom. The number of carbonyl (C=O) groups is 1. The number of aromatic hydroxyl groups is 2. The maximum Gasteiger partial charge on any atom is 0.336 e. The Labute approximate surface area is 173 Å². The molecular formula is C24H24O6. The summed E-state index contributed by atoms with van der Waals surface area (Å²) in [5.74, 6) is -1.38. The van der Waals surface area contributed by atoms with Gasteiger partial charge in [0.05, 0.1) is 11.5 Å². The van der Waals surface area contributed by atoms with Gasteiger partial charge in [-0.2, -0.15) is 0 Å². The molecule has 3 N–H and O–H groups in total. The number of hydrogen-bond donors (Lipinski definition) is 3. The van der Waals surface area contributed by atoms with E-state index in [9.17, 15) is 24.9 Å². The average Bonchev–Trinajstić information content (AvgIpc) is 2.71. The van der Waals surface area contributed by atoms with Gasteiger partial charge in [0.2, 0.25) is 0 Å². The monoisotopic (exact) mass is 408 g/mol. The Morgan fingerprint density at radius 3 is 2.43 bits per heavy atom. The van der Waals surface area contributed by atoms with Crippen molar-refractivity contribution in [3.63, 3.8) is 0 Å². The lowest BCUT2D eigenvalue weighted by atomic mass is 9.91. The van der Waals surface area contributed by atoms with E-state index in [1.165, 1.54) is 6.07 Å². The van der Waals surface area contributed by atoms with E-state index in [-0.39, 0.29) is 34.9 Å². The number of aliphatic hydroxyl groups is 1. The Balaban J connectivity index is 2.46. The van der Waals surface area contributed by atoms with Crippen molar-refractivity contribution in [1.82, 2.24) is 0 Å². The summed E-state index contributed by atoms with van der Waals surface area (Å²) in [5, 5.41) is 32.4. The van der Waals surface area contributed by atoms with Crippen LogP contribution < -0.4 is 5.63 Å². The Bertz CT molecular complexity index is 1170. The molecule has 0 fully saturated rings. The standard InChI is InChI=1S/C24H24O6/c1-4-8-17(25)21-22(28)16(11-18(26)13(2)3)24-20(23(21)29)15(12-19(27)30-24)14-9-6-5-7-10-14/h5-7,9-10,12,18,26,28-29H,2,4,8,11H2,1,3H3. The van der Waals surface area contributed by atoms with Crippen LogP contribution in [0.25, 0.3) is 22.1 Å². The number of benzene rings is 2. The summed E-state index contributed by atoms with van der Waals surface area (Å²) in [5.41, 5.74) is 0.543. The maximum absolute atomic E-state index is 12.7. The average molecular weight is 408 g/mol. The van der Waals surface area contributed by atoms with Crippen molar-refractivity contribution in [3.8, 4) is 22.6 Å². The zero-order valence-electron chi connectivity index (χ0n) is 16.9. The molecule has 0 amide bonds. The maximum atomic E-state index is 12.7. The largest absolute Gasteiger partial charge is 0.507 e. The second-order valence-electron chi connectivity index (χ2n) is 7.34. The van der Waals surface area contributed by atoms with Crippen LogP contribution in [-0.4, -0.2) is 27.2 Å². The van der Waals surface area contributed by atoms with E-state index in [1.807, 2.05) is 13.0 Å². The predicted molar refractivity (Wildman–Crippen MR) is 115 cm³/mol. The molecule has 30 heavy (non-hydrogen) atoms. The molecule has 0 bridgehead atoms. The normalized spacial score (nSPS) is 12.1. The van der Waals surface area contributed by atoms with Crippen molar-refractivity contribution in [3.05, 3.63) is 70.1 Å². The minimum atomic E-state index is -1.04. The molecule has 2 aromatic carbocycles. The van der Waals surface area contributed by atoms with Gasteiger partial charge >= 0.3 is 5.63 Å². The van der Waals surface area contributed by atoms with Crippen molar-refractivity contribution in [2.75, 3.05) is 0 Å². The zero-order valence-corrected chi connectivity index (χ0v) is 16.9. The molecule has 0 spiro atoms. The Morgan fingerprint density at radius 1 is 1.17 bits per heavy atom. The first-order valence-electron chi connectivity index (χ1n) is 9.72. The van der Waals surface area contributed by atoms with Gasteiger partial charge in [-0.25, -0.2) is 4.79 Å². The summed E-state index contributed by atoms with van der Waals surface area (Å²) in [4.78, 5) is 25.0. The molecule has 1 unspecified atom stereocenters. The second-order valence-corrected chi connectivity index (χ2v) is 7.34. The quantitative estimate of drug-likeness (QED) is 0.305. The van der Waals surface area contributed by atoms with Gasteiger partial charge in [-0.15, -0.1) is 0 Å². The molecular weight excluding hydrogens is 384 g/mol. The molecule has 1 atom stereocenters. The number of phenolic OH excluding ortho intramolecular Hbond substituents is 2. The first-order valence-corrected chi connectivity index (χ1v) is 9.72. The van der Waals surface area contributed by atoms with Crippen LogP contribution in [0.1, 0.15) is 42.6 Å². The fourth-order valence-electron chi connectivity index (χ4n) is 3.46. The molecule has 0 aliphatic heterocycles. The molecule has 156 valence electrons. The van der Waals surface area contributed by atoms with Crippen LogP contribution in [0.4, 0.5) is 0 Å². The van der Waals surface area contributed by atoms with Crippen LogP contribution in [-0.2, 0) is 6.42 Å². The Hall–Kier alpha value is -3.38. The van der Waals surface area contributed by atoms with Gasteiger partial charge in [-0.3, -0.25) is 4.79 Å². The van der Waals surface area contributed by atoms with Crippen LogP contribution >= 0.6 is 0 Å². The summed E-state index contributed by atoms with van der Waals surface area (Å²) in [6.07, 6.45) is -0.532. The van der Waals surface area contributed by atoms with E-state index in [0.717, 1.165) is 0 Å². The molecule has 0 aliphatic carbocycles. The van der Waals surface area contributed by atoms with Crippen molar-refractivity contribution >= 4 is 16.8 Å². The molecule has 0 saturated heterocycles. The fourth-order valence-corrected chi connectivity index (χ4v) is 3.46. The van der Waals surface area contributed by atoms with Gasteiger partial charge in [-0.05, 0) is 18.9 Å². The van der Waals surface area contributed by atoms with Crippen molar-refractivity contribution < 1.29 is 24.5 Å². The number of phenols is 2.